The number of nitrogens with zero attached hydrogens (tertiary/aromatic N) is 1. The number of halogens is 2. The van der Waals surface area contributed by atoms with Crippen LogP contribution in [0.25, 0.3) is 0 Å². The van der Waals surface area contributed by atoms with Gasteiger partial charge in [-0.3, -0.25) is 4.79 Å². The van der Waals surface area contributed by atoms with Crippen LogP contribution in [0.4, 0.5) is 14.5 Å². The van der Waals surface area contributed by atoms with Crippen LogP contribution in [0.15, 0.2) is 12.1 Å². The Kier molecular flexibility index (Phi) is 3.71. The molecular weight excluding hydrogens is 202 g/mol. The highest BCUT2D eigenvalue weighted by Gasteiger charge is 2.10. The topological polar surface area (TPSA) is 42.0 Å². The van der Waals surface area contributed by atoms with Gasteiger partial charge >= 0.3 is 0 Å². The van der Waals surface area contributed by atoms with E-state index in [9.17, 15) is 13.6 Å². The molecule has 1 aromatic heterocycles. The van der Waals surface area contributed by atoms with Crippen molar-refractivity contribution < 1.29 is 13.6 Å². The molecule has 0 fully saturated rings. The first-order valence-corrected chi connectivity index (χ1v) is 4.61. The predicted octanol–water partition coefficient (Wildman–Crippen LogP) is 2.34. The smallest absolute Gasteiger partial charge is 0.239 e. The number of aromatic nitrogens is 1. The maximum Gasteiger partial charge on any atom is 0.239 e. The predicted molar refractivity (Wildman–Crippen MR) is 52.2 cm³/mol. The standard InChI is InChI=1S/C10H12F2N2O/c1-6(2)5-9(15)13-7-3-4-8(11)14-10(7)12/h3-4,6H,5H2,1-2H3,(H,13,15). The Morgan fingerprint density at radius 3 is 2.67 bits per heavy atom. The van der Waals surface area contributed by atoms with Crippen LogP contribution in [-0.2, 0) is 4.79 Å². The Labute approximate surface area is 86.5 Å². The molecule has 0 unspecified atom stereocenters. The molecule has 0 radical (unpaired) electrons. The second-order valence-corrected chi connectivity index (χ2v) is 3.62. The van der Waals surface area contributed by atoms with E-state index in [0.717, 1.165) is 12.1 Å². The summed E-state index contributed by atoms with van der Waals surface area (Å²) >= 11 is 0. The van der Waals surface area contributed by atoms with Gasteiger partial charge in [-0.25, -0.2) is 0 Å². The van der Waals surface area contributed by atoms with Crippen LogP contribution >= 0.6 is 0 Å². The van der Waals surface area contributed by atoms with E-state index in [1.165, 1.54) is 0 Å². The van der Waals surface area contributed by atoms with Crippen LogP contribution in [0.5, 0.6) is 0 Å². The lowest BCUT2D eigenvalue weighted by molar-refractivity contribution is -0.116. The number of amides is 1. The Hall–Kier alpha value is -1.52. The lowest BCUT2D eigenvalue weighted by atomic mass is 10.1. The first-order chi connectivity index (χ1) is 6.99. The SMILES string of the molecule is CC(C)CC(=O)Nc1ccc(F)nc1F. The van der Waals surface area contributed by atoms with E-state index >= 15 is 0 Å². The molecule has 0 aliphatic heterocycles. The molecule has 0 spiro atoms. The highest BCUT2D eigenvalue weighted by atomic mass is 19.1. The fourth-order valence-electron chi connectivity index (χ4n) is 1.08. The van der Waals surface area contributed by atoms with Gasteiger partial charge in [0.2, 0.25) is 17.8 Å². The fraction of sp³-hybridized carbons (Fsp3) is 0.400. The van der Waals surface area contributed by atoms with Gasteiger partial charge in [0.1, 0.15) is 0 Å². The second-order valence-electron chi connectivity index (χ2n) is 3.62. The van der Waals surface area contributed by atoms with Crippen molar-refractivity contribution in [3.05, 3.63) is 24.0 Å². The minimum absolute atomic E-state index is 0.0953. The molecule has 3 nitrogen and oxygen atoms in total. The van der Waals surface area contributed by atoms with Gasteiger partial charge in [-0.2, -0.15) is 13.8 Å². The highest BCUT2D eigenvalue weighted by molar-refractivity contribution is 5.90. The maximum atomic E-state index is 13.0. The van der Waals surface area contributed by atoms with Gasteiger partial charge in [-0.1, -0.05) is 13.8 Å². The number of pyridine rings is 1. The van der Waals surface area contributed by atoms with Crippen LogP contribution in [-0.4, -0.2) is 10.9 Å². The Morgan fingerprint density at radius 2 is 2.13 bits per heavy atom. The van der Waals surface area contributed by atoms with Gasteiger partial charge in [0.05, 0.1) is 5.69 Å². The van der Waals surface area contributed by atoms with Crippen molar-refractivity contribution in [2.75, 3.05) is 5.32 Å². The minimum Gasteiger partial charge on any atom is -0.322 e. The van der Waals surface area contributed by atoms with Crippen molar-refractivity contribution in [1.82, 2.24) is 4.98 Å². The lowest BCUT2D eigenvalue weighted by Crippen LogP contribution is -2.15. The monoisotopic (exact) mass is 214 g/mol. The van der Waals surface area contributed by atoms with E-state index in [2.05, 4.69) is 10.3 Å². The van der Waals surface area contributed by atoms with Crippen LogP contribution in [0.3, 0.4) is 0 Å². The summed E-state index contributed by atoms with van der Waals surface area (Å²) in [6.45, 7) is 3.75. The van der Waals surface area contributed by atoms with Crippen molar-refractivity contribution in [3.8, 4) is 0 Å². The molecule has 0 bridgehead atoms. The summed E-state index contributed by atoms with van der Waals surface area (Å²) in [5.74, 6) is -2.04. The van der Waals surface area contributed by atoms with E-state index in [-0.39, 0.29) is 23.9 Å². The van der Waals surface area contributed by atoms with Crippen molar-refractivity contribution >= 4 is 11.6 Å². The number of hydrogen-bond donors (Lipinski definition) is 1. The van der Waals surface area contributed by atoms with E-state index in [4.69, 9.17) is 0 Å². The van der Waals surface area contributed by atoms with Crippen molar-refractivity contribution in [2.45, 2.75) is 20.3 Å². The number of carbonyl (C=O) groups is 1. The number of nitrogens with one attached hydrogen (secondary N) is 1. The Morgan fingerprint density at radius 1 is 1.47 bits per heavy atom. The molecule has 0 atom stereocenters. The zero-order valence-electron chi connectivity index (χ0n) is 8.55. The van der Waals surface area contributed by atoms with Gasteiger partial charge < -0.3 is 5.32 Å². The van der Waals surface area contributed by atoms with Gasteiger partial charge in [0.15, 0.2) is 0 Å². The third-order valence-electron chi connectivity index (χ3n) is 1.68. The number of carbonyl (C=O) groups excluding carboxylic acids is 1. The summed E-state index contributed by atoms with van der Waals surface area (Å²) in [5.41, 5.74) is -0.0953. The molecule has 1 heterocycles. The number of rotatable bonds is 3. The van der Waals surface area contributed by atoms with Gasteiger partial charge in [-0.15, -0.1) is 0 Å². The molecule has 1 amide bonds. The molecule has 1 rings (SSSR count). The van der Waals surface area contributed by atoms with E-state index in [1.54, 1.807) is 0 Å². The summed E-state index contributed by atoms with van der Waals surface area (Å²) in [6.07, 6.45) is 0.289. The molecule has 1 N–H and O–H groups in total. The molecule has 15 heavy (non-hydrogen) atoms. The Bertz CT molecular complexity index is 366. The zero-order chi connectivity index (χ0) is 11.4. The fourth-order valence-corrected chi connectivity index (χ4v) is 1.08. The maximum absolute atomic E-state index is 13.0. The minimum atomic E-state index is -1.01. The molecule has 5 heteroatoms. The molecule has 0 aliphatic carbocycles. The van der Waals surface area contributed by atoms with Crippen LogP contribution in [0.1, 0.15) is 20.3 Å². The molecule has 1 aromatic rings. The van der Waals surface area contributed by atoms with E-state index in [0.29, 0.717) is 0 Å². The van der Waals surface area contributed by atoms with Gasteiger partial charge in [0, 0.05) is 6.42 Å². The normalized spacial score (nSPS) is 10.5. The lowest BCUT2D eigenvalue weighted by Gasteiger charge is -2.07. The van der Waals surface area contributed by atoms with Gasteiger partial charge in [-0.05, 0) is 18.1 Å². The molecule has 0 aliphatic rings. The zero-order valence-corrected chi connectivity index (χ0v) is 8.55. The molecule has 0 saturated heterocycles. The summed E-state index contributed by atoms with van der Waals surface area (Å²) < 4.78 is 25.4. The van der Waals surface area contributed by atoms with Crippen molar-refractivity contribution in [3.63, 3.8) is 0 Å². The summed E-state index contributed by atoms with van der Waals surface area (Å²) in [5, 5.41) is 2.33. The summed E-state index contributed by atoms with van der Waals surface area (Å²) in [4.78, 5) is 14.2. The molecule has 0 saturated carbocycles. The second kappa shape index (κ2) is 4.82. The van der Waals surface area contributed by atoms with Crippen LogP contribution < -0.4 is 5.32 Å². The van der Waals surface area contributed by atoms with E-state index < -0.39 is 11.9 Å². The van der Waals surface area contributed by atoms with Gasteiger partial charge in [0.25, 0.3) is 0 Å². The van der Waals surface area contributed by atoms with Crippen LogP contribution in [0.2, 0.25) is 0 Å². The highest BCUT2D eigenvalue weighted by Crippen LogP contribution is 2.12. The molecule has 82 valence electrons. The molecule has 0 aromatic carbocycles. The first-order valence-electron chi connectivity index (χ1n) is 4.61. The average molecular weight is 214 g/mol. The largest absolute Gasteiger partial charge is 0.322 e. The number of hydrogen-bond acceptors (Lipinski definition) is 2. The quantitative estimate of drug-likeness (QED) is 0.785. The number of anilines is 1. The van der Waals surface area contributed by atoms with Crippen molar-refractivity contribution in [2.24, 2.45) is 5.92 Å². The first kappa shape index (κ1) is 11.6. The Balaban J connectivity index is 2.68. The van der Waals surface area contributed by atoms with E-state index in [1.807, 2.05) is 13.8 Å². The average Bonchev–Trinajstić information content (AvgIpc) is 2.08. The van der Waals surface area contributed by atoms with Crippen molar-refractivity contribution in [1.29, 1.82) is 0 Å². The molecular formula is C10H12F2N2O. The third kappa shape index (κ3) is 3.61. The van der Waals surface area contributed by atoms with Crippen LogP contribution in [0, 0.1) is 17.8 Å². The summed E-state index contributed by atoms with van der Waals surface area (Å²) in [6, 6.07) is 2.14. The third-order valence-corrected chi connectivity index (χ3v) is 1.68. The summed E-state index contributed by atoms with van der Waals surface area (Å²) in [7, 11) is 0.